The molecule has 2 aliphatic rings. The minimum absolute atomic E-state index is 0.0345. The standard InChI is InChI=1S/C20H29N3O4/c1-4-26-16-7-6-15(14-17(16)27-5-2)18(24)23-11-8-20(9-12-23)19(25)21-10-13-22(20)3/h6-7,14H,4-5,8-13H2,1-3H3,(H,21,25). The molecule has 0 unspecified atom stereocenters. The highest BCUT2D eigenvalue weighted by Gasteiger charge is 2.47. The van der Waals surface area contributed by atoms with E-state index < -0.39 is 5.54 Å². The highest BCUT2D eigenvalue weighted by atomic mass is 16.5. The zero-order valence-electron chi connectivity index (χ0n) is 16.4. The summed E-state index contributed by atoms with van der Waals surface area (Å²) in [5.74, 6) is 1.29. The fourth-order valence-corrected chi connectivity index (χ4v) is 3.94. The fourth-order valence-electron chi connectivity index (χ4n) is 3.94. The van der Waals surface area contributed by atoms with Gasteiger partial charge in [0.2, 0.25) is 5.91 Å². The summed E-state index contributed by atoms with van der Waals surface area (Å²) in [4.78, 5) is 29.4. The van der Waals surface area contributed by atoms with Gasteiger partial charge in [-0.15, -0.1) is 0 Å². The van der Waals surface area contributed by atoms with E-state index in [2.05, 4.69) is 10.2 Å². The number of carbonyl (C=O) groups is 2. The van der Waals surface area contributed by atoms with Crippen LogP contribution >= 0.6 is 0 Å². The number of likely N-dealkylation sites (N-methyl/N-ethyl adjacent to an activating group) is 1. The van der Waals surface area contributed by atoms with Crippen LogP contribution in [-0.2, 0) is 4.79 Å². The smallest absolute Gasteiger partial charge is 0.253 e. The van der Waals surface area contributed by atoms with Crippen LogP contribution in [0.2, 0.25) is 0 Å². The molecule has 0 saturated carbocycles. The molecule has 27 heavy (non-hydrogen) atoms. The maximum absolute atomic E-state index is 13.0. The summed E-state index contributed by atoms with van der Waals surface area (Å²) in [5, 5.41) is 2.97. The van der Waals surface area contributed by atoms with Crippen molar-refractivity contribution in [3.8, 4) is 11.5 Å². The number of amides is 2. The monoisotopic (exact) mass is 375 g/mol. The van der Waals surface area contributed by atoms with Crippen LogP contribution in [0.5, 0.6) is 11.5 Å². The fraction of sp³-hybridized carbons (Fsp3) is 0.600. The summed E-state index contributed by atoms with van der Waals surface area (Å²) in [6.45, 7) is 7.52. The lowest BCUT2D eigenvalue weighted by atomic mass is 9.83. The second kappa shape index (κ2) is 8.17. The van der Waals surface area contributed by atoms with Gasteiger partial charge in [0.25, 0.3) is 5.91 Å². The number of piperidine rings is 1. The lowest BCUT2D eigenvalue weighted by molar-refractivity contribution is -0.139. The van der Waals surface area contributed by atoms with Crippen LogP contribution in [0, 0.1) is 0 Å². The SMILES string of the molecule is CCOc1ccc(C(=O)N2CCC3(CC2)C(=O)NCCN3C)cc1OCC. The molecular weight excluding hydrogens is 346 g/mol. The van der Waals surface area contributed by atoms with E-state index in [0.717, 1.165) is 6.54 Å². The van der Waals surface area contributed by atoms with Crippen molar-refractivity contribution >= 4 is 11.8 Å². The summed E-state index contributed by atoms with van der Waals surface area (Å²) in [5.41, 5.74) is 0.101. The van der Waals surface area contributed by atoms with Gasteiger partial charge in [-0.25, -0.2) is 0 Å². The molecule has 1 aromatic carbocycles. The second-order valence-corrected chi connectivity index (χ2v) is 7.03. The van der Waals surface area contributed by atoms with Gasteiger partial charge in [0.05, 0.1) is 13.2 Å². The molecule has 148 valence electrons. The molecule has 7 heteroatoms. The molecule has 0 radical (unpaired) electrons. The van der Waals surface area contributed by atoms with Crippen LogP contribution in [0.4, 0.5) is 0 Å². The van der Waals surface area contributed by atoms with Gasteiger partial charge in [-0.3, -0.25) is 14.5 Å². The van der Waals surface area contributed by atoms with Crippen molar-refractivity contribution in [2.75, 3.05) is 46.4 Å². The van der Waals surface area contributed by atoms with Crippen molar-refractivity contribution in [1.29, 1.82) is 0 Å². The summed E-state index contributed by atoms with van der Waals surface area (Å²) >= 11 is 0. The zero-order chi connectivity index (χ0) is 19.4. The molecule has 0 aliphatic carbocycles. The summed E-state index contributed by atoms with van der Waals surface area (Å²) < 4.78 is 11.2. The third kappa shape index (κ3) is 3.74. The van der Waals surface area contributed by atoms with E-state index in [1.807, 2.05) is 25.8 Å². The lowest BCUT2D eigenvalue weighted by Gasteiger charge is -2.48. The van der Waals surface area contributed by atoms with Crippen molar-refractivity contribution < 1.29 is 19.1 Å². The van der Waals surface area contributed by atoms with Crippen molar-refractivity contribution in [2.24, 2.45) is 0 Å². The van der Waals surface area contributed by atoms with Gasteiger partial charge in [0.1, 0.15) is 5.54 Å². The largest absolute Gasteiger partial charge is 0.490 e. The van der Waals surface area contributed by atoms with Crippen LogP contribution in [0.25, 0.3) is 0 Å². The average molecular weight is 375 g/mol. The molecule has 0 bridgehead atoms. The Labute approximate surface area is 160 Å². The first-order valence-electron chi connectivity index (χ1n) is 9.70. The van der Waals surface area contributed by atoms with Gasteiger partial charge in [-0.1, -0.05) is 0 Å². The molecule has 2 aliphatic heterocycles. The van der Waals surface area contributed by atoms with E-state index in [4.69, 9.17) is 9.47 Å². The number of carbonyl (C=O) groups excluding carboxylic acids is 2. The molecule has 3 rings (SSSR count). The Balaban J connectivity index is 1.72. The normalized spacial score (nSPS) is 19.7. The average Bonchev–Trinajstić information content (AvgIpc) is 2.68. The van der Waals surface area contributed by atoms with E-state index in [-0.39, 0.29) is 11.8 Å². The van der Waals surface area contributed by atoms with E-state index in [9.17, 15) is 9.59 Å². The molecule has 7 nitrogen and oxygen atoms in total. The van der Waals surface area contributed by atoms with Crippen molar-refractivity contribution in [2.45, 2.75) is 32.2 Å². The highest BCUT2D eigenvalue weighted by Crippen LogP contribution is 2.32. The van der Waals surface area contributed by atoms with Crippen LogP contribution in [-0.4, -0.2) is 73.6 Å². The first kappa shape index (κ1) is 19.5. The first-order valence-corrected chi connectivity index (χ1v) is 9.70. The second-order valence-electron chi connectivity index (χ2n) is 7.03. The van der Waals surface area contributed by atoms with Crippen LogP contribution < -0.4 is 14.8 Å². The quantitative estimate of drug-likeness (QED) is 0.845. The number of piperazine rings is 1. The lowest BCUT2D eigenvalue weighted by Crippen LogP contribution is -2.67. The van der Waals surface area contributed by atoms with Gasteiger partial charge < -0.3 is 19.7 Å². The highest BCUT2D eigenvalue weighted by molar-refractivity contribution is 5.95. The predicted molar refractivity (Wildman–Crippen MR) is 102 cm³/mol. The molecule has 0 atom stereocenters. The molecule has 2 saturated heterocycles. The maximum Gasteiger partial charge on any atom is 0.253 e. The van der Waals surface area contributed by atoms with E-state index in [0.29, 0.717) is 62.8 Å². The van der Waals surface area contributed by atoms with E-state index in [1.54, 1.807) is 18.2 Å². The first-order chi connectivity index (χ1) is 13.0. The molecule has 2 fully saturated rings. The molecule has 1 N–H and O–H groups in total. The van der Waals surface area contributed by atoms with Crippen molar-refractivity contribution in [3.05, 3.63) is 23.8 Å². The Bertz CT molecular complexity index is 698. The van der Waals surface area contributed by atoms with Crippen LogP contribution in [0.15, 0.2) is 18.2 Å². The third-order valence-electron chi connectivity index (χ3n) is 5.55. The Morgan fingerprint density at radius 1 is 1.11 bits per heavy atom. The van der Waals surface area contributed by atoms with Gasteiger partial charge in [0, 0.05) is 31.7 Å². The summed E-state index contributed by atoms with van der Waals surface area (Å²) in [6, 6.07) is 5.32. The molecule has 0 aromatic heterocycles. The Hall–Kier alpha value is -2.28. The number of nitrogens with zero attached hydrogens (tertiary/aromatic N) is 2. The zero-order valence-corrected chi connectivity index (χ0v) is 16.4. The van der Waals surface area contributed by atoms with Crippen molar-refractivity contribution in [3.63, 3.8) is 0 Å². The predicted octanol–water partition coefficient (Wildman–Crippen LogP) is 1.52. The van der Waals surface area contributed by atoms with Gasteiger partial charge in [0.15, 0.2) is 11.5 Å². The minimum Gasteiger partial charge on any atom is -0.490 e. The van der Waals surface area contributed by atoms with Crippen molar-refractivity contribution in [1.82, 2.24) is 15.1 Å². The summed E-state index contributed by atoms with van der Waals surface area (Å²) in [6.07, 6.45) is 1.30. The van der Waals surface area contributed by atoms with Gasteiger partial charge in [-0.05, 0) is 51.9 Å². The molecule has 2 amide bonds. The Morgan fingerprint density at radius 2 is 1.78 bits per heavy atom. The number of nitrogens with one attached hydrogen (secondary N) is 1. The topological polar surface area (TPSA) is 71.1 Å². The molecule has 1 spiro atoms. The Morgan fingerprint density at radius 3 is 2.41 bits per heavy atom. The Kier molecular flexibility index (Phi) is 5.89. The van der Waals surface area contributed by atoms with E-state index >= 15 is 0 Å². The number of benzene rings is 1. The van der Waals surface area contributed by atoms with Gasteiger partial charge >= 0.3 is 0 Å². The summed E-state index contributed by atoms with van der Waals surface area (Å²) in [7, 11) is 2.00. The number of rotatable bonds is 5. The number of hydrogen-bond acceptors (Lipinski definition) is 5. The van der Waals surface area contributed by atoms with Gasteiger partial charge in [-0.2, -0.15) is 0 Å². The molecular formula is C20H29N3O4. The molecule has 1 aromatic rings. The number of ether oxygens (including phenoxy) is 2. The maximum atomic E-state index is 13.0. The number of hydrogen-bond donors (Lipinski definition) is 1. The third-order valence-corrected chi connectivity index (χ3v) is 5.55. The van der Waals surface area contributed by atoms with E-state index in [1.165, 1.54) is 0 Å². The minimum atomic E-state index is -0.482. The van der Waals surface area contributed by atoms with Crippen LogP contribution in [0.1, 0.15) is 37.0 Å². The molecule has 2 heterocycles. The number of likely N-dealkylation sites (tertiary alicyclic amines) is 1. The van der Waals surface area contributed by atoms with Crippen LogP contribution in [0.3, 0.4) is 0 Å².